The van der Waals surface area contributed by atoms with Gasteiger partial charge in [-0.25, -0.2) is 0 Å². The zero-order valence-corrected chi connectivity index (χ0v) is 7.37. The minimum atomic E-state index is 0.476. The molecular weight excluding hydrogens is 166 g/mol. The van der Waals surface area contributed by atoms with E-state index < -0.39 is 0 Å². The van der Waals surface area contributed by atoms with Gasteiger partial charge in [-0.1, -0.05) is 6.07 Å². The summed E-state index contributed by atoms with van der Waals surface area (Å²) in [6.45, 7) is 0.476. The molecule has 0 unspecified atom stereocenters. The van der Waals surface area contributed by atoms with Crippen LogP contribution >= 0.6 is 0 Å². The molecule has 0 saturated carbocycles. The molecule has 1 heterocycles. The molecule has 0 saturated heterocycles. The fourth-order valence-electron chi connectivity index (χ4n) is 1.44. The largest absolute Gasteiger partial charge is 0.496 e. The van der Waals surface area contributed by atoms with Crippen LogP contribution in [-0.4, -0.2) is 17.3 Å². The molecule has 4 nitrogen and oxygen atoms in total. The number of H-pyrrole nitrogens is 1. The molecule has 0 spiro atoms. The summed E-state index contributed by atoms with van der Waals surface area (Å²) in [5, 5.41) is 7.79. The van der Waals surface area contributed by atoms with Crippen LogP contribution in [0, 0.1) is 0 Å². The highest BCUT2D eigenvalue weighted by Gasteiger charge is 2.07. The van der Waals surface area contributed by atoms with E-state index >= 15 is 0 Å². The molecule has 0 bridgehead atoms. The molecular formula is C9H11N3O. The van der Waals surface area contributed by atoms with Gasteiger partial charge in [-0.15, -0.1) is 0 Å². The summed E-state index contributed by atoms with van der Waals surface area (Å²) < 4.78 is 5.27. The molecule has 0 aliphatic rings. The highest BCUT2D eigenvalue weighted by molar-refractivity contribution is 5.86. The van der Waals surface area contributed by atoms with E-state index in [9.17, 15) is 0 Å². The van der Waals surface area contributed by atoms with Crippen molar-refractivity contribution < 1.29 is 4.74 Å². The fourth-order valence-corrected chi connectivity index (χ4v) is 1.44. The number of aromatic amines is 1. The van der Waals surface area contributed by atoms with E-state index in [-0.39, 0.29) is 0 Å². The molecule has 1 aromatic heterocycles. The van der Waals surface area contributed by atoms with E-state index in [2.05, 4.69) is 10.2 Å². The number of aromatic nitrogens is 2. The van der Waals surface area contributed by atoms with E-state index in [0.717, 1.165) is 22.2 Å². The van der Waals surface area contributed by atoms with E-state index in [1.165, 1.54) is 0 Å². The van der Waals surface area contributed by atoms with Gasteiger partial charge in [0, 0.05) is 12.1 Å². The predicted octanol–water partition coefficient (Wildman–Crippen LogP) is 1.03. The maximum absolute atomic E-state index is 5.58. The Kier molecular flexibility index (Phi) is 1.90. The third kappa shape index (κ3) is 1.15. The zero-order valence-electron chi connectivity index (χ0n) is 7.37. The van der Waals surface area contributed by atoms with Gasteiger partial charge in [0.05, 0.1) is 24.2 Å². The summed E-state index contributed by atoms with van der Waals surface area (Å²) >= 11 is 0. The van der Waals surface area contributed by atoms with Gasteiger partial charge in [0.1, 0.15) is 5.75 Å². The highest BCUT2D eigenvalue weighted by Crippen LogP contribution is 2.27. The Labute approximate surface area is 75.7 Å². The molecule has 3 N–H and O–H groups in total. The summed E-state index contributed by atoms with van der Waals surface area (Å²) in [7, 11) is 1.64. The molecule has 4 heteroatoms. The van der Waals surface area contributed by atoms with E-state index in [4.69, 9.17) is 10.5 Å². The van der Waals surface area contributed by atoms with Crippen molar-refractivity contribution in [1.82, 2.24) is 10.2 Å². The number of methoxy groups -OCH3 is 1. The summed E-state index contributed by atoms with van der Waals surface area (Å²) in [5.74, 6) is 0.814. The summed E-state index contributed by atoms with van der Waals surface area (Å²) in [4.78, 5) is 0. The van der Waals surface area contributed by atoms with Gasteiger partial charge in [0.2, 0.25) is 0 Å². The normalized spacial score (nSPS) is 10.6. The quantitative estimate of drug-likeness (QED) is 0.720. The smallest absolute Gasteiger partial charge is 0.134 e. The van der Waals surface area contributed by atoms with Gasteiger partial charge in [-0.2, -0.15) is 5.10 Å². The second-order valence-corrected chi connectivity index (χ2v) is 2.79. The molecule has 1 aromatic carbocycles. The molecule has 2 aromatic rings. The first kappa shape index (κ1) is 8.07. The van der Waals surface area contributed by atoms with Crippen molar-refractivity contribution in [1.29, 1.82) is 0 Å². The number of nitrogens with zero attached hydrogens (tertiary/aromatic N) is 1. The molecule has 0 fully saturated rings. The Morgan fingerprint density at radius 2 is 2.38 bits per heavy atom. The number of benzene rings is 1. The number of nitrogens with one attached hydrogen (secondary N) is 1. The van der Waals surface area contributed by atoms with Crippen LogP contribution in [0.25, 0.3) is 10.9 Å². The minimum Gasteiger partial charge on any atom is -0.496 e. The van der Waals surface area contributed by atoms with Crippen LogP contribution in [0.2, 0.25) is 0 Å². The lowest BCUT2D eigenvalue weighted by atomic mass is 10.1. The van der Waals surface area contributed by atoms with Gasteiger partial charge in [-0.3, -0.25) is 5.10 Å². The Balaban J connectivity index is 2.74. The summed E-state index contributed by atoms with van der Waals surface area (Å²) in [5.41, 5.74) is 7.54. The first-order chi connectivity index (χ1) is 6.36. The van der Waals surface area contributed by atoms with Crippen molar-refractivity contribution in [3.63, 3.8) is 0 Å². The first-order valence-electron chi connectivity index (χ1n) is 4.06. The van der Waals surface area contributed by atoms with Crippen LogP contribution in [0.5, 0.6) is 5.75 Å². The average molecular weight is 177 g/mol. The Bertz CT molecular complexity index is 422. The van der Waals surface area contributed by atoms with Gasteiger partial charge in [-0.05, 0) is 6.07 Å². The molecule has 0 amide bonds. The molecule has 0 aliphatic heterocycles. The number of ether oxygens (including phenoxy) is 1. The topological polar surface area (TPSA) is 63.9 Å². The maximum atomic E-state index is 5.58. The van der Waals surface area contributed by atoms with Crippen molar-refractivity contribution >= 4 is 10.9 Å². The van der Waals surface area contributed by atoms with E-state index in [1.54, 1.807) is 13.3 Å². The molecule has 0 atom stereocenters. The Morgan fingerprint density at radius 3 is 3.08 bits per heavy atom. The van der Waals surface area contributed by atoms with Crippen LogP contribution in [0.15, 0.2) is 18.3 Å². The average Bonchev–Trinajstić information content (AvgIpc) is 2.63. The maximum Gasteiger partial charge on any atom is 0.134 e. The molecule has 13 heavy (non-hydrogen) atoms. The van der Waals surface area contributed by atoms with E-state index in [0.29, 0.717) is 6.54 Å². The van der Waals surface area contributed by atoms with Crippen LogP contribution in [0.1, 0.15) is 5.56 Å². The zero-order chi connectivity index (χ0) is 9.26. The highest BCUT2D eigenvalue weighted by atomic mass is 16.5. The Morgan fingerprint density at radius 1 is 1.54 bits per heavy atom. The molecule has 0 radical (unpaired) electrons. The number of rotatable bonds is 2. The number of fused-ring (bicyclic) bond motifs is 1. The lowest BCUT2D eigenvalue weighted by molar-refractivity contribution is 0.415. The van der Waals surface area contributed by atoms with Gasteiger partial charge < -0.3 is 10.5 Å². The first-order valence-corrected chi connectivity index (χ1v) is 4.06. The van der Waals surface area contributed by atoms with Crippen molar-refractivity contribution in [2.24, 2.45) is 5.73 Å². The van der Waals surface area contributed by atoms with Crippen molar-refractivity contribution in [3.8, 4) is 5.75 Å². The van der Waals surface area contributed by atoms with Crippen molar-refractivity contribution in [2.45, 2.75) is 6.54 Å². The number of hydrogen-bond acceptors (Lipinski definition) is 3. The lowest BCUT2D eigenvalue weighted by Gasteiger charge is -2.06. The van der Waals surface area contributed by atoms with Crippen molar-refractivity contribution in [2.75, 3.05) is 7.11 Å². The van der Waals surface area contributed by atoms with Crippen LogP contribution in [0.3, 0.4) is 0 Å². The van der Waals surface area contributed by atoms with Crippen LogP contribution in [-0.2, 0) is 6.54 Å². The fraction of sp³-hybridized carbons (Fsp3) is 0.222. The SMILES string of the molecule is COc1c(CN)ccc2[nH]ncc12. The summed E-state index contributed by atoms with van der Waals surface area (Å²) in [6.07, 6.45) is 1.74. The standard InChI is InChI=1S/C9H11N3O/c1-13-9-6(4-10)2-3-8-7(9)5-11-12-8/h2-3,5H,4,10H2,1H3,(H,11,12). The van der Waals surface area contributed by atoms with Gasteiger partial charge in [0.15, 0.2) is 0 Å². The Hall–Kier alpha value is -1.55. The second kappa shape index (κ2) is 3.06. The van der Waals surface area contributed by atoms with Gasteiger partial charge >= 0.3 is 0 Å². The van der Waals surface area contributed by atoms with Gasteiger partial charge in [0.25, 0.3) is 0 Å². The number of hydrogen-bond donors (Lipinski definition) is 2. The lowest BCUT2D eigenvalue weighted by Crippen LogP contribution is -1.99. The third-order valence-electron chi connectivity index (χ3n) is 2.08. The van der Waals surface area contributed by atoms with Crippen LogP contribution in [0.4, 0.5) is 0 Å². The summed E-state index contributed by atoms with van der Waals surface area (Å²) in [6, 6.07) is 3.90. The van der Waals surface area contributed by atoms with Crippen LogP contribution < -0.4 is 10.5 Å². The molecule has 2 rings (SSSR count). The van der Waals surface area contributed by atoms with Crippen molar-refractivity contribution in [3.05, 3.63) is 23.9 Å². The third-order valence-corrected chi connectivity index (χ3v) is 2.08. The minimum absolute atomic E-state index is 0.476. The monoisotopic (exact) mass is 177 g/mol. The number of nitrogens with two attached hydrogens (primary N) is 1. The predicted molar refractivity (Wildman–Crippen MR) is 50.5 cm³/mol. The second-order valence-electron chi connectivity index (χ2n) is 2.79. The molecule has 0 aliphatic carbocycles. The molecule has 68 valence electrons. The van der Waals surface area contributed by atoms with E-state index in [1.807, 2.05) is 12.1 Å².